The molecule has 1 unspecified atom stereocenters. The van der Waals surface area contributed by atoms with Crippen LogP contribution in [-0.2, 0) is 4.74 Å². The second-order valence-electron chi connectivity index (χ2n) is 6.16. The number of nitrogens with zero attached hydrogens (tertiary/aromatic N) is 1. The maximum absolute atomic E-state index is 5.45. The van der Waals surface area contributed by atoms with E-state index in [2.05, 4.69) is 77.8 Å². The van der Waals surface area contributed by atoms with Crippen LogP contribution in [0.1, 0.15) is 24.1 Å². The highest BCUT2D eigenvalue weighted by molar-refractivity contribution is 5.31. The predicted octanol–water partition coefficient (Wildman–Crippen LogP) is 3.09. The molecule has 3 heteroatoms. The van der Waals surface area contributed by atoms with Crippen LogP contribution < -0.4 is 5.32 Å². The monoisotopic (exact) mass is 310 g/mol. The van der Waals surface area contributed by atoms with E-state index in [1.807, 2.05) is 0 Å². The van der Waals surface area contributed by atoms with E-state index < -0.39 is 0 Å². The molecule has 2 aromatic carbocycles. The van der Waals surface area contributed by atoms with Crippen LogP contribution in [-0.4, -0.2) is 43.8 Å². The molecule has 0 bridgehead atoms. The van der Waals surface area contributed by atoms with Gasteiger partial charge in [-0.15, -0.1) is 0 Å². The van der Waals surface area contributed by atoms with Gasteiger partial charge in [0, 0.05) is 25.7 Å². The molecule has 1 fully saturated rings. The molecular formula is C20H26N2O. The van der Waals surface area contributed by atoms with E-state index in [1.165, 1.54) is 11.1 Å². The molecule has 1 N–H and O–H groups in total. The fraction of sp³-hybridized carbons (Fsp3) is 0.400. The van der Waals surface area contributed by atoms with Crippen molar-refractivity contribution in [1.29, 1.82) is 0 Å². The van der Waals surface area contributed by atoms with Crippen LogP contribution in [0.2, 0.25) is 0 Å². The van der Waals surface area contributed by atoms with Gasteiger partial charge in [-0.1, -0.05) is 60.7 Å². The normalized spacial score (nSPS) is 17.3. The van der Waals surface area contributed by atoms with Crippen molar-refractivity contribution in [3.05, 3.63) is 71.8 Å². The van der Waals surface area contributed by atoms with Crippen molar-refractivity contribution in [2.24, 2.45) is 0 Å². The quantitative estimate of drug-likeness (QED) is 0.887. The Balaban J connectivity index is 1.69. The largest absolute Gasteiger partial charge is 0.379 e. The lowest BCUT2D eigenvalue weighted by atomic mass is 9.98. The topological polar surface area (TPSA) is 24.5 Å². The van der Waals surface area contributed by atoms with Crippen LogP contribution in [0.15, 0.2) is 60.7 Å². The van der Waals surface area contributed by atoms with Gasteiger partial charge in [-0.25, -0.2) is 0 Å². The molecule has 0 aromatic heterocycles. The first kappa shape index (κ1) is 16.2. The molecule has 0 aliphatic carbocycles. The molecule has 3 rings (SSSR count). The predicted molar refractivity (Wildman–Crippen MR) is 94.6 cm³/mol. The standard InChI is InChI=1S/C20H26N2O/c1-17(22-12-14-23-15-13-22)16-21-20(18-8-4-2-5-9-18)19-10-6-3-7-11-19/h2-11,17,20-21H,12-16H2,1H3. The number of hydrogen-bond donors (Lipinski definition) is 1. The molecule has 1 aliphatic rings. The first-order valence-electron chi connectivity index (χ1n) is 8.49. The third-order valence-corrected chi connectivity index (χ3v) is 4.55. The summed E-state index contributed by atoms with van der Waals surface area (Å²) in [5.74, 6) is 0. The average Bonchev–Trinajstić information content (AvgIpc) is 2.64. The Morgan fingerprint density at radius 2 is 1.43 bits per heavy atom. The number of morpholine rings is 1. The van der Waals surface area contributed by atoms with Gasteiger partial charge in [-0.2, -0.15) is 0 Å². The summed E-state index contributed by atoms with van der Waals surface area (Å²) in [5, 5.41) is 3.77. The lowest BCUT2D eigenvalue weighted by Gasteiger charge is -2.33. The number of rotatable bonds is 6. The van der Waals surface area contributed by atoms with Gasteiger partial charge >= 0.3 is 0 Å². The summed E-state index contributed by atoms with van der Waals surface area (Å²) in [5.41, 5.74) is 2.63. The average molecular weight is 310 g/mol. The number of benzene rings is 2. The van der Waals surface area contributed by atoms with Crippen molar-refractivity contribution < 1.29 is 4.74 Å². The molecule has 3 nitrogen and oxygen atoms in total. The zero-order chi connectivity index (χ0) is 15.9. The Hall–Kier alpha value is -1.68. The van der Waals surface area contributed by atoms with Crippen molar-refractivity contribution >= 4 is 0 Å². The molecule has 0 amide bonds. The van der Waals surface area contributed by atoms with Gasteiger partial charge in [0.25, 0.3) is 0 Å². The SMILES string of the molecule is CC(CNC(c1ccccc1)c1ccccc1)N1CCOCC1. The van der Waals surface area contributed by atoms with Gasteiger partial charge in [0.2, 0.25) is 0 Å². The smallest absolute Gasteiger partial charge is 0.0594 e. The Bertz CT molecular complexity index is 527. The molecule has 0 radical (unpaired) electrons. The van der Waals surface area contributed by atoms with Crippen LogP contribution in [0.3, 0.4) is 0 Å². The second kappa shape index (κ2) is 8.25. The van der Waals surface area contributed by atoms with E-state index in [4.69, 9.17) is 4.74 Å². The van der Waals surface area contributed by atoms with Gasteiger partial charge in [-0.05, 0) is 18.1 Å². The summed E-state index contributed by atoms with van der Waals surface area (Å²) in [6.45, 7) is 7.03. The highest BCUT2D eigenvalue weighted by atomic mass is 16.5. The first-order chi connectivity index (χ1) is 11.3. The van der Waals surface area contributed by atoms with Crippen molar-refractivity contribution in [3.8, 4) is 0 Å². The van der Waals surface area contributed by atoms with Crippen molar-refractivity contribution in [3.63, 3.8) is 0 Å². The molecule has 0 saturated carbocycles. The van der Waals surface area contributed by atoms with Gasteiger partial charge < -0.3 is 10.1 Å². The van der Waals surface area contributed by atoms with E-state index in [9.17, 15) is 0 Å². The molecular weight excluding hydrogens is 284 g/mol. The maximum Gasteiger partial charge on any atom is 0.0594 e. The summed E-state index contributed by atoms with van der Waals surface area (Å²) in [6.07, 6.45) is 0. The Kier molecular flexibility index (Phi) is 5.81. The van der Waals surface area contributed by atoms with Gasteiger partial charge in [0.15, 0.2) is 0 Å². The Morgan fingerprint density at radius 3 is 1.96 bits per heavy atom. The summed E-state index contributed by atoms with van der Waals surface area (Å²) in [4.78, 5) is 2.50. The van der Waals surface area contributed by atoms with E-state index in [-0.39, 0.29) is 6.04 Å². The van der Waals surface area contributed by atoms with E-state index in [1.54, 1.807) is 0 Å². The Labute approximate surface area is 139 Å². The van der Waals surface area contributed by atoms with Crippen LogP contribution >= 0.6 is 0 Å². The summed E-state index contributed by atoms with van der Waals surface area (Å²) < 4.78 is 5.45. The van der Waals surface area contributed by atoms with Gasteiger partial charge in [0.1, 0.15) is 0 Å². The highest BCUT2D eigenvalue weighted by Gasteiger charge is 2.19. The van der Waals surface area contributed by atoms with Gasteiger partial charge in [-0.3, -0.25) is 4.90 Å². The van der Waals surface area contributed by atoms with E-state index in [0.29, 0.717) is 6.04 Å². The fourth-order valence-corrected chi connectivity index (χ4v) is 3.15. The Morgan fingerprint density at radius 1 is 0.913 bits per heavy atom. The zero-order valence-electron chi connectivity index (χ0n) is 13.8. The third-order valence-electron chi connectivity index (χ3n) is 4.55. The van der Waals surface area contributed by atoms with Crippen molar-refractivity contribution in [1.82, 2.24) is 10.2 Å². The molecule has 1 aliphatic heterocycles. The van der Waals surface area contributed by atoms with Crippen molar-refractivity contribution in [2.75, 3.05) is 32.8 Å². The zero-order valence-corrected chi connectivity index (χ0v) is 13.8. The van der Waals surface area contributed by atoms with E-state index in [0.717, 1.165) is 32.8 Å². The van der Waals surface area contributed by atoms with Crippen LogP contribution in [0.4, 0.5) is 0 Å². The van der Waals surface area contributed by atoms with Gasteiger partial charge in [0.05, 0.1) is 19.3 Å². The number of hydrogen-bond acceptors (Lipinski definition) is 3. The lowest BCUT2D eigenvalue weighted by Crippen LogP contribution is -2.46. The summed E-state index contributed by atoms with van der Waals surface area (Å²) in [6, 6.07) is 22.1. The fourth-order valence-electron chi connectivity index (χ4n) is 3.15. The third kappa shape index (κ3) is 4.41. The second-order valence-corrected chi connectivity index (χ2v) is 6.16. The van der Waals surface area contributed by atoms with Crippen LogP contribution in [0, 0.1) is 0 Å². The molecule has 0 spiro atoms. The highest BCUT2D eigenvalue weighted by Crippen LogP contribution is 2.21. The maximum atomic E-state index is 5.45. The van der Waals surface area contributed by atoms with E-state index >= 15 is 0 Å². The van der Waals surface area contributed by atoms with Crippen LogP contribution in [0.5, 0.6) is 0 Å². The minimum atomic E-state index is 0.237. The minimum absolute atomic E-state index is 0.237. The molecule has 1 atom stereocenters. The molecule has 23 heavy (non-hydrogen) atoms. The minimum Gasteiger partial charge on any atom is -0.379 e. The first-order valence-corrected chi connectivity index (χ1v) is 8.49. The van der Waals surface area contributed by atoms with Crippen LogP contribution in [0.25, 0.3) is 0 Å². The molecule has 1 saturated heterocycles. The number of nitrogens with one attached hydrogen (secondary N) is 1. The lowest BCUT2D eigenvalue weighted by molar-refractivity contribution is 0.0201. The summed E-state index contributed by atoms with van der Waals surface area (Å²) >= 11 is 0. The molecule has 2 aromatic rings. The molecule has 1 heterocycles. The van der Waals surface area contributed by atoms with Crippen molar-refractivity contribution in [2.45, 2.75) is 19.0 Å². The number of ether oxygens (including phenoxy) is 1. The molecule has 122 valence electrons. The summed E-state index contributed by atoms with van der Waals surface area (Å²) in [7, 11) is 0.